The number of likely N-dealkylation sites (tertiary alicyclic amines) is 1. The molecule has 19 heavy (non-hydrogen) atoms. The van der Waals surface area contributed by atoms with Gasteiger partial charge < -0.3 is 9.80 Å². The summed E-state index contributed by atoms with van der Waals surface area (Å²) in [5.74, 6) is 2.30. The van der Waals surface area contributed by atoms with Gasteiger partial charge in [0.2, 0.25) is 5.91 Å². The third-order valence-corrected chi connectivity index (χ3v) is 4.57. The number of hydrogen-bond donors (Lipinski definition) is 0. The highest BCUT2D eigenvalue weighted by Gasteiger charge is 2.25. The van der Waals surface area contributed by atoms with E-state index in [-0.39, 0.29) is 5.91 Å². The molecular weight excluding hydrogens is 256 g/mol. The van der Waals surface area contributed by atoms with Gasteiger partial charge in [-0.3, -0.25) is 4.79 Å². The largest absolute Gasteiger partial charge is 0.345 e. The Morgan fingerprint density at radius 1 is 1.37 bits per heavy atom. The fourth-order valence-electron chi connectivity index (χ4n) is 2.58. The molecule has 0 aromatic heterocycles. The first-order valence-electron chi connectivity index (χ1n) is 7.46. The van der Waals surface area contributed by atoms with Crippen LogP contribution in [0.2, 0.25) is 0 Å². The van der Waals surface area contributed by atoms with Gasteiger partial charge in [0.1, 0.15) is 0 Å². The van der Waals surface area contributed by atoms with Crippen molar-refractivity contribution in [1.29, 1.82) is 0 Å². The van der Waals surface area contributed by atoms with Crippen LogP contribution in [0.4, 0.5) is 0 Å². The van der Waals surface area contributed by atoms with Gasteiger partial charge in [-0.1, -0.05) is 27.7 Å². The number of thioether (sulfide) groups is 1. The molecule has 112 valence electrons. The number of amides is 1. The molecule has 1 aliphatic rings. The lowest BCUT2D eigenvalue weighted by atomic mass is 10.1. The number of nitrogens with zero attached hydrogens (tertiary/aromatic N) is 2. The quantitative estimate of drug-likeness (QED) is 0.718. The Hall–Kier alpha value is -0.220. The van der Waals surface area contributed by atoms with Crippen molar-refractivity contribution < 1.29 is 4.79 Å². The van der Waals surface area contributed by atoms with Gasteiger partial charge in [0.15, 0.2) is 0 Å². The number of hydrogen-bond acceptors (Lipinski definition) is 3. The molecule has 0 aromatic carbocycles. The summed E-state index contributed by atoms with van der Waals surface area (Å²) >= 11 is 1.73. The van der Waals surface area contributed by atoms with E-state index in [1.165, 1.54) is 19.5 Å². The lowest BCUT2D eigenvalue weighted by Crippen LogP contribution is -2.34. The average molecular weight is 286 g/mol. The second-order valence-corrected chi connectivity index (χ2v) is 8.01. The third kappa shape index (κ3) is 6.66. The monoisotopic (exact) mass is 286 g/mol. The summed E-state index contributed by atoms with van der Waals surface area (Å²) in [5.41, 5.74) is 0. The maximum absolute atomic E-state index is 12.0. The molecule has 0 radical (unpaired) electrons. The van der Waals surface area contributed by atoms with E-state index in [0.29, 0.717) is 16.9 Å². The van der Waals surface area contributed by atoms with Crippen LogP contribution in [-0.4, -0.2) is 59.9 Å². The van der Waals surface area contributed by atoms with Gasteiger partial charge in [0.05, 0.1) is 5.75 Å². The normalized spacial score (nSPS) is 20.5. The molecule has 0 unspecified atom stereocenters. The molecule has 1 saturated heterocycles. The molecule has 0 saturated carbocycles. The van der Waals surface area contributed by atoms with Gasteiger partial charge in [0.25, 0.3) is 0 Å². The Kier molecular flexibility index (Phi) is 7.22. The predicted molar refractivity (Wildman–Crippen MR) is 84.6 cm³/mol. The van der Waals surface area contributed by atoms with Crippen molar-refractivity contribution in [3.63, 3.8) is 0 Å². The van der Waals surface area contributed by atoms with Crippen LogP contribution in [0.25, 0.3) is 0 Å². The zero-order valence-corrected chi connectivity index (χ0v) is 14.0. The van der Waals surface area contributed by atoms with E-state index in [1.54, 1.807) is 11.8 Å². The zero-order chi connectivity index (χ0) is 14.4. The highest BCUT2D eigenvalue weighted by atomic mass is 32.2. The molecule has 0 aromatic rings. The van der Waals surface area contributed by atoms with Crippen molar-refractivity contribution >= 4 is 17.7 Å². The van der Waals surface area contributed by atoms with E-state index in [0.717, 1.165) is 19.0 Å². The second-order valence-electron chi connectivity index (χ2n) is 6.44. The van der Waals surface area contributed by atoms with Crippen LogP contribution >= 0.6 is 11.8 Å². The highest BCUT2D eigenvalue weighted by Crippen LogP contribution is 2.19. The van der Waals surface area contributed by atoms with Gasteiger partial charge in [-0.15, -0.1) is 11.8 Å². The summed E-state index contributed by atoms with van der Waals surface area (Å²) in [4.78, 5) is 16.5. The van der Waals surface area contributed by atoms with Crippen molar-refractivity contribution in [2.45, 2.75) is 39.4 Å². The Labute approximate surface area is 123 Å². The van der Waals surface area contributed by atoms with Gasteiger partial charge in [-0.2, -0.15) is 0 Å². The maximum atomic E-state index is 12.0. The molecule has 1 fully saturated rings. The molecule has 3 nitrogen and oxygen atoms in total. The Bertz CT molecular complexity index is 281. The molecule has 1 atom stereocenters. The molecule has 0 bridgehead atoms. The third-order valence-electron chi connectivity index (χ3n) is 3.49. The number of carbonyl (C=O) groups is 1. The molecule has 0 N–H and O–H groups in total. The SMILES string of the molecule is CC(C)CN1CC[C@@H](CN(C)C(=O)CSC(C)C)C1. The van der Waals surface area contributed by atoms with Gasteiger partial charge in [-0.05, 0) is 30.1 Å². The minimum atomic E-state index is 0.279. The number of rotatable bonds is 7. The molecule has 1 aliphatic heterocycles. The Balaban J connectivity index is 2.25. The average Bonchev–Trinajstić information content (AvgIpc) is 2.72. The van der Waals surface area contributed by atoms with Gasteiger partial charge >= 0.3 is 0 Å². The van der Waals surface area contributed by atoms with Crippen LogP contribution in [0, 0.1) is 11.8 Å². The van der Waals surface area contributed by atoms with Crippen molar-refractivity contribution in [3.05, 3.63) is 0 Å². The lowest BCUT2D eigenvalue weighted by Gasteiger charge is -2.22. The van der Waals surface area contributed by atoms with Gasteiger partial charge in [-0.25, -0.2) is 0 Å². The van der Waals surface area contributed by atoms with Gasteiger partial charge in [0, 0.05) is 26.7 Å². The lowest BCUT2D eigenvalue weighted by molar-refractivity contribution is -0.127. The minimum Gasteiger partial charge on any atom is -0.345 e. The van der Waals surface area contributed by atoms with Crippen molar-refractivity contribution in [3.8, 4) is 0 Å². The van der Waals surface area contributed by atoms with E-state index in [2.05, 4.69) is 32.6 Å². The van der Waals surface area contributed by atoms with E-state index in [1.807, 2.05) is 11.9 Å². The summed E-state index contributed by atoms with van der Waals surface area (Å²) in [6.45, 7) is 13.3. The predicted octanol–water partition coefficient (Wildman–Crippen LogP) is 2.56. The van der Waals surface area contributed by atoms with Crippen molar-refractivity contribution in [2.75, 3.05) is 39.0 Å². The van der Waals surface area contributed by atoms with Crippen LogP contribution in [-0.2, 0) is 4.79 Å². The smallest absolute Gasteiger partial charge is 0.232 e. The fourth-order valence-corrected chi connectivity index (χ4v) is 3.28. The van der Waals surface area contributed by atoms with E-state index < -0.39 is 0 Å². The molecule has 0 spiro atoms. The molecule has 1 rings (SSSR count). The first-order valence-corrected chi connectivity index (χ1v) is 8.51. The number of carbonyl (C=O) groups excluding carboxylic acids is 1. The van der Waals surface area contributed by atoms with E-state index in [4.69, 9.17) is 0 Å². The van der Waals surface area contributed by atoms with Crippen molar-refractivity contribution in [2.24, 2.45) is 11.8 Å². The molecule has 1 amide bonds. The Morgan fingerprint density at radius 2 is 2.05 bits per heavy atom. The van der Waals surface area contributed by atoms with Crippen LogP contribution in [0.1, 0.15) is 34.1 Å². The topological polar surface area (TPSA) is 23.6 Å². The fraction of sp³-hybridized carbons (Fsp3) is 0.933. The second kappa shape index (κ2) is 8.15. The molecule has 4 heteroatoms. The Morgan fingerprint density at radius 3 is 2.63 bits per heavy atom. The molecular formula is C15H30N2OS. The highest BCUT2D eigenvalue weighted by molar-refractivity contribution is 8.00. The maximum Gasteiger partial charge on any atom is 0.232 e. The first-order chi connectivity index (χ1) is 8.88. The summed E-state index contributed by atoms with van der Waals surface area (Å²) in [5, 5.41) is 0.533. The first kappa shape index (κ1) is 16.8. The molecule has 1 heterocycles. The summed E-state index contributed by atoms with van der Waals surface area (Å²) in [6, 6.07) is 0. The summed E-state index contributed by atoms with van der Waals surface area (Å²) < 4.78 is 0. The molecule has 0 aliphatic carbocycles. The van der Waals surface area contributed by atoms with Crippen molar-refractivity contribution in [1.82, 2.24) is 9.80 Å². The van der Waals surface area contributed by atoms with Crippen LogP contribution in [0.5, 0.6) is 0 Å². The van der Waals surface area contributed by atoms with Crippen LogP contribution < -0.4 is 0 Å². The zero-order valence-electron chi connectivity index (χ0n) is 13.2. The summed E-state index contributed by atoms with van der Waals surface area (Å²) in [6.07, 6.45) is 1.24. The summed E-state index contributed by atoms with van der Waals surface area (Å²) in [7, 11) is 1.95. The van der Waals surface area contributed by atoms with E-state index >= 15 is 0 Å². The standard InChI is InChI=1S/C15H30N2OS/c1-12(2)8-17-7-6-14(10-17)9-16(5)15(18)11-19-13(3)4/h12-14H,6-11H2,1-5H3/t14-/m0/s1. The minimum absolute atomic E-state index is 0.279. The van der Waals surface area contributed by atoms with Crippen LogP contribution in [0.15, 0.2) is 0 Å². The van der Waals surface area contributed by atoms with E-state index in [9.17, 15) is 4.79 Å². The van der Waals surface area contributed by atoms with Crippen LogP contribution in [0.3, 0.4) is 0 Å².